The second-order valence-electron chi connectivity index (χ2n) is 4.07. The highest BCUT2D eigenvalue weighted by molar-refractivity contribution is 5.68. The maximum atomic E-state index is 11.1. The Morgan fingerprint density at radius 2 is 2.17 bits per heavy atom. The molecule has 0 aromatic heterocycles. The molecular weight excluding hydrogens is 234 g/mol. The first-order valence-electron chi connectivity index (χ1n) is 5.85. The number of nitro groups is 1. The van der Waals surface area contributed by atoms with E-state index in [1.807, 2.05) is 19.0 Å². The van der Waals surface area contributed by atoms with Crippen molar-refractivity contribution in [3.05, 3.63) is 28.3 Å². The van der Waals surface area contributed by atoms with Gasteiger partial charge in [0.25, 0.3) is 0 Å². The van der Waals surface area contributed by atoms with E-state index in [9.17, 15) is 10.1 Å². The van der Waals surface area contributed by atoms with Crippen LogP contribution < -0.4 is 10.1 Å². The number of benzene rings is 1. The van der Waals surface area contributed by atoms with Crippen LogP contribution >= 0.6 is 0 Å². The van der Waals surface area contributed by atoms with E-state index in [0.717, 1.165) is 6.54 Å². The van der Waals surface area contributed by atoms with E-state index in [4.69, 9.17) is 4.74 Å². The zero-order valence-corrected chi connectivity index (χ0v) is 11.0. The molecule has 18 heavy (non-hydrogen) atoms. The number of nitrogens with one attached hydrogen (secondary N) is 1. The number of likely N-dealkylation sites (N-methyl/N-ethyl adjacent to an activating group) is 1. The summed E-state index contributed by atoms with van der Waals surface area (Å²) in [7, 11) is 3.90. The molecule has 1 N–H and O–H groups in total. The van der Waals surface area contributed by atoms with Gasteiger partial charge in [-0.05, 0) is 33.2 Å². The minimum atomic E-state index is -0.414. The molecule has 0 bridgehead atoms. The fraction of sp³-hybridized carbons (Fsp3) is 0.500. The minimum absolute atomic E-state index is 0.00175. The van der Waals surface area contributed by atoms with Crippen LogP contribution in [-0.2, 0) is 0 Å². The van der Waals surface area contributed by atoms with E-state index in [2.05, 4.69) is 5.32 Å². The molecule has 0 aliphatic carbocycles. The number of hydrogen-bond acceptors (Lipinski definition) is 5. The molecule has 0 amide bonds. The van der Waals surface area contributed by atoms with Crippen molar-refractivity contribution in [1.82, 2.24) is 4.90 Å². The Hall–Kier alpha value is -1.82. The van der Waals surface area contributed by atoms with Gasteiger partial charge in [-0.3, -0.25) is 10.1 Å². The second kappa shape index (κ2) is 6.80. The molecule has 0 saturated carbocycles. The highest BCUT2D eigenvalue weighted by atomic mass is 16.6. The SMILES string of the molecule is CCOc1cccc(NCCN(C)C)c1[N+](=O)[O-]. The Kier molecular flexibility index (Phi) is 5.38. The lowest BCUT2D eigenvalue weighted by Gasteiger charge is -2.13. The molecule has 0 aliphatic rings. The summed E-state index contributed by atoms with van der Waals surface area (Å²) in [5.74, 6) is 0.303. The smallest absolute Gasteiger partial charge is 0.333 e. The van der Waals surface area contributed by atoms with Crippen molar-refractivity contribution < 1.29 is 9.66 Å². The average molecular weight is 253 g/mol. The number of ether oxygens (including phenoxy) is 1. The van der Waals surface area contributed by atoms with Crippen LogP contribution in [0.3, 0.4) is 0 Å². The molecule has 1 aromatic rings. The average Bonchev–Trinajstić information content (AvgIpc) is 2.28. The summed E-state index contributed by atoms with van der Waals surface area (Å²) in [6.45, 7) is 3.65. The summed E-state index contributed by atoms with van der Waals surface area (Å²) in [6, 6.07) is 5.05. The summed E-state index contributed by atoms with van der Waals surface area (Å²) in [5, 5.41) is 14.2. The van der Waals surface area contributed by atoms with E-state index in [0.29, 0.717) is 24.6 Å². The quantitative estimate of drug-likeness (QED) is 0.594. The summed E-state index contributed by atoms with van der Waals surface area (Å²) in [4.78, 5) is 12.7. The summed E-state index contributed by atoms with van der Waals surface area (Å²) in [5.41, 5.74) is 0.492. The van der Waals surface area contributed by atoms with E-state index >= 15 is 0 Å². The molecule has 1 rings (SSSR count). The number of nitro benzene ring substituents is 1. The van der Waals surface area contributed by atoms with Crippen LogP contribution in [0.5, 0.6) is 5.75 Å². The van der Waals surface area contributed by atoms with Gasteiger partial charge in [-0.1, -0.05) is 6.07 Å². The van der Waals surface area contributed by atoms with Gasteiger partial charge >= 0.3 is 5.69 Å². The zero-order chi connectivity index (χ0) is 13.5. The van der Waals surface area contributed by atoms with Gasteiger partial charge in [-0.15, -0.1) is 0 Å². The lowest BCUT2D eigenvalue weighted by molar-refractivity contribution is -0.384. The predicted molar refractivity (Wildman–Crippen MR) is 71.3 cm³/mol. The molecule has 6 nitrogen and oxygen atoms in total. The highest BCUT2D eigenvalue weighted by Crippen LogP contribution is 2.34. The molecule has 0 aliphatic heterocycles. The maximum Gasteiger partial charge on any atom is 0.333 e. The molecule has 0 atom stereocenters. The summed E-state index contributed by atoms with van der Waals surface area (Å²) < 4.78 is 5.27. The normalized spacial score (nSPS) is 10.4. The van der Waals surface area contributed by atoms with Crippen molar-refractivity contribution in [1.29, 1.82) is 0 Å². The highest BCUT2D eigenvalue weighted by Gasteiger charge is 2.20. The Labute approximate surface area is 107 Å². The fourth-order valence-electron chi connectivity index (χ4n) is 1.54. The number of para-hydroxylation sites is 1. The van der Waals surface area contributed by atoms with Crippen molar-refractivity contribution in [2.75, 3.05) is 39.1 Å². The van der Waals surface area contributed by atoms with Crippen LogP contribution in [0.1, 0.15) is 6.92 Å². The molecule has 0 heterocycles. The summed E-state index contributed by atoms with van der Waals surface area (Å²) >= 11 is 0. The number of anilines is 1. The van der Waals surface area contributed by atoms with Crippen LogP contribution in [0, 0.1) is 10.1 Å². The predicted octanol–water partition coefficient (Wildman–Crippen LogP) is 1.97. The summed E-state index contributed by atoms with van der Waals surface area (Å²) in [6.07, 6.45) is 0. The van der Waals surface area contributed by atoms with Crippen molar-refractivity contribution >= 4 is 11.4 Å². The largest absolute Gasteiger partial charge is 0.487 e. The van der Waals surface area contributed by atoms with Gasteiger partial charge in [0, 0.05) is 13.1 Å². The number of rotatable bonds is 7. The van der Waals surface area contributed by atoms with E-state index in [-0.39, 0.29) is 5.69 Å². The molecular formula is C12H19N3O3. The molecule has 1 aromatic carbocycles. The van der Waals surface area contributed by atoms with Gasteiger partial charge in [-0.2, -0.15) is 0 Å². The molecule has 0 unspecified atom stereocenters. The zero-order valence-electron chi connectivity index (χ0n) is 11.0. The van der Waals surface area contributed by atoms with Crippen LogP contribution in [-0.4, -0.2) is 43.6 Å². The third-order valence-electron chi connectivity index (χ3n) is 2.36. The van der Waals surface area contributed by atoms with Gasteiger partial charge in [0.05, 0.1) is 11.5 Å². The minimum Gasteiger partial charge on any atom is -0.487 e. The Morgan fingerprint density at radius 3 is 2.72 bits per heavy atom. The topological polar surface area (TPSA) is 67.6 Å². The van der Waals surface area contributed by atoms with Crippen LogP contribution in [0.15, 0.2) is 18.2 Å². The van der Waals surface area contributed by atoms with Crippen molar-refractivity contribution in [2.24, 2.45) is 0 Å². The van der Waals surface area contributed by atoms with Gasteiger partial charge in [0.1, 0.15) is 5.69 Å². The van der Waals surface area contributed by atoms with E-state index < -0.39 is 4.92 Å². The van der Waals surface area contributed by atoms with Crippen molar-refractivity contribution in [2.45, 2.75) is 6.92 Å². The van der Waals surface area contributed by atoms with Gasteiger partial charge < -0.3 is 15.0 Å². The molecule has 6 heteroatoms. The second-order valence-corrected chi connectivity index (χ2v) is 4.07. The standard InChI is InChI=1S/C12H19N3O3/c1-4-18-11-7-5-6-10(12(11)15(16)17)13-8-9-14(2)3/h5-7,13H,4,8-9H2,1-3H3. The third kappa shape index (κ3) is 3.89. The van der Waals surface area contributed by atoms with E-state index in [1.54, 1.807) is 25.1 Å². The first-order chi connectivity index (χ1) is 8.56. The monoisotopic (exact) mass is 253 g/mol. The van der Waals surface area contributed by atoms with Crippen LogP contribution in [0.2, 0.25) is 0 Å². The van der Waals surface area contributed by atoms with Crippen molar-refractivity contribution in [3.8, 4) is 5.75 Å². The van der Waals surface area contributed by atoms with Crippen molar-refractivity contribution in [3.63, 3.8) is 0 Å². The van der Waals surface area contributed by atoms with Gasteiger partial charge in [0.2, 0.25) is 0 Å². The Morgan fingerprint density at radius 1 is 1.44 bits per heavy atom. The fourth-order valence-corrected chi connectivity index (χ4v) is 1.54. The Balaban J connectivity index is 2.88. The molecule has 0 fully saturated rings. The Bertz CT molecular complexity index is 408. The lowest BCUT2D eigenvalue weighted by Crippen LogP contribution is -2.21. The molecule has 0 saturated heterocycles. The molecule has 0 spiro atoms. The van der Waals surface area contributed by atoms with Crippen LogP contribution in [0.25, 0.3) is 0 Å². The van der Waals surface area contributed by atoms with Gasteiger partial charge in [0.15, 0.2) is 5.75 Å². The van der Waals surface area contributed by atoms with Gasteiger partial charge in [-0.25, -0.2) is 0 Å². The van der Waals surface area contributed by atoms with Crippen LogP contribution in [0.4, 0.5) is 11.4 Å². The molecule has 100 valence electrons. The maximum absolute atomic E-state index is 11.1. The molecule has 0 radical (unpaired) electrons. The number of hydrogen-bond donors (Lipinski definition) is 1. The van der Waals surface area contributed by atoms with E-state index in [1.165, 1.54) is 0 Å². The number of nitrogens with zero attached hydrogens (tertiary/aromatic N) is 2. The first kappa shape index (κ1) is 14.2. The lowest BCUT2D eigenvalue weighted by atomic mass is 10.2. The third-order valence-corrected chi connectivity index (χ3v) is 2.36. The first-order valence-corrected chi connectivity index (χ1v) is 5.85.